The third kappa shape index (κ3) is 3.23. The van der Waals surface area contributed by atoms with E-state index in [1.165, 1.54) is 35.0 Å². The Labute approximate surface area is 115 Å². The van der Waals surface area contributed by atoms with Crippen LogP contribution in [0.15, 0.2) is 0 Å². The summed E-state index contributed by atoms with van der Waals surface area (Å²) in [6.45, 7) is 9.77. The molecular weight excluding hydrogens is 242 g/mol. The highest BCUT2D eigenvalue weighted by atomic mass is 32.1. The average Bonchev–Trinajstić information content (AvgIpc) is 3.13. The quantitative estimate of drug-likeness (QED) is 0.784. The Morgan fingerprint density at radius 2 is 2.11 bits per heavy atom. The Bertz CT molecular complexity index is 371. The van der Waals surface area contributed by atoms with E-state index in [1.807, 2.05) is 11.3 Å². The van der Waals surface area contributed by atoms with Crippen molar-refractivity contribution in [1.29, 1.82) is 0 Å². The van der Waals surface area contributed by atoms with Crippen molar-refractivity contribution in [3.63, 3.8) is 0 Å². The summed E-state index contributed by atoms with van der Waals surface area (Å²) in [5.41, 5.74) is 1.29. The first-order chi connectivity index (χ1) is 8.80. The van der Waals surface area contributed by atoms with Crippen LogP contribution in [0.25, 0.3) is 0 Å². The summed E-state index contributed by atoms with van der Waals surface area (Å²) in [6, 6.07) is 0.771. The molecule has 0 saturated heterocycles. The standard InChI is InChI=1S/C14H25N3S/c1-4-9-17(11-7-8-11)14-16-12(5-2)13(18-14)10-15-6-3/h11,15H,4-10H2,1-3H3. The predicted molar refractivity (Wildman–Crippen MR) is 79.5 cm³/mol. The van der Waals surface area contributed by atoms with Crippen molar-refractivity contribution in [2.75, 3.05) is 18.0 Å². The molecule has 1 fully saturated rings. The smallest absolute Gasteiger partial charge is 0.186 e. The van der Waals surface area contributed by atoms with Gasteiger partial charge in [0.1, 0.15) is 0 Å². The van der Waals surface area contributed by atoms with E-state index in [2.05, 4.69) is 31.0 Å². The minimum absolute atomic E-state index is 0.771. The van der Waals surface area contributed by atoms with Gasteiger partial charge in [-0.25, -0.2) is 4.98 Å². The van der Waals surface area contributed by atoms with E-state index in [-0.39, 0.29) is 0 Å². The molecule has 4 heteroatoms. The Kier molecular flexibility index (Phi) is 5.01. The number of rotatable bonds is 8. The van der Waals surface area contributed by atoms with E-state index in [9.17, 15) is 0 Å². The van der Waals surface area contributed by atoms with Gasteiger partial charge in [-0.2, -0.15) is 0 Å². The van der Waals surface area contributed by atoms with Gasteiger partial charge in [0.05, 0.1) is 5.69 Å². The Morgan fingerprint density at radius 3 is 2.67 bits per heavy atom. The van der Waals surface area contributed by atoms with Crippen LogP contribution in [0.5, 0.6) is 0 Å². The second-order valence-corrected chi connectivity index (χ2v) is 5.99. The molecule has 1 saturated carbocycles. The SMILES string of the molecule is CCCN(c1nc(CC)c(CNCC)s1)C1CC1. The number of nitrogens with zero attached hydrogens (tertiary/aromatic N) is 2. The van der Waals surface area contributed by atoms with Crippen LogP contribution in [0.1, 0.15) is 50.6 Å². The molecule has 0 unspecified atom stereocenters. The number of hydrogen-bond donors (Lipinski definition) is 1. The lowest BCUT2D eigenvalue weighted by Gasteiger charge is -2.20. The van der Waals surface area contributed by atoms with Crippen molar-refractivity contribution < 1.29 is 0 Å². The topological polar surface area (TPSA) is 28.2 Å². The van der Waals surface area contributed by atoms with Crippen LogP contribution < -0.4 is 10.2 Å². The van der Waals surface area contributed by atoms with E-state index < -0.39 is 0 Å². The van der Waals surface area contributed by atoms with Gasteiger partial charge in [0.25, 0.3) is 0 Å². The summed E-state index contributed by atoms with van der Waals surface area (Å²) in [6.07, 6.45) is 4.95. The third-order valence-corrected chi connectivity index (χ3v) is 4.47. The minimum Gasteiger partial charge on any atom is -0.345 e. The summed E-state index contributed by atoms with van der Waals surface area (Å²) in [4.78, 5) is 8.82. The van der Waals surface area contributed by atoms with Crippen molar-refractivity contribution in [1.82, 2.24) is 10.3 Å². The van der Waals surface area contributed by atoms with Crippen LogP contribution in [0.3, 0.4) is 0 Å². The maximum atomic E-state index is 4.87. The molecular formula is C14H25N3S. The van der Waals surface area contributed by atoms with Crippen molar-refractivity contribution in [3.8, 4) is 0 Å². The normalized spacial score (nSPS) is 15.1. The molecule has 3 nitrogen and oxygen atoms in total. The van der Waals surface area contributed by atoms with Crippen molar-refractivity contribution >= 4 is 16.5 Å². The Hall–Kier alpha value is -0.610. The number of aromatic nitrogens is 1. The summed E-state index contributed by atoms with van der Waals surface area (Å²) in [5.74, 6) is 0. The molecule has 0 spiro atoms. The van der Waals surface area contributed by atoms with E-state index in [1.54, 1.807) is 0 Å². The van der Waals surface area contributed by atoms with Gasteiger partial charge in [-0.3, -0.25) is 0 Å². The molecule has 18 heavy (non-hydrogen) atoms. The van der Waals surface area contributed by atoms with E-state index >= 15 is 0 Å². The summed E-state index contributed by atoms with van der Waals surface area (Å²) < 4.78 is 0. The first-order valence-electron chi connectivity index (χ1n) is 7.26. The van der Waals surface area contributed by atoms with Gasteiger partial charge in [-0.1, -0.05) is 20.8 Å². The lowest BCUT2D eigenvalue weighted by molar-refractivity contribution is 0.726. The van der Waals surface area contributed by atoms with Gasteiger partial charge >= 0.3 is 0 Å². The predicted octanol–water partition coefficient (Wildman–Crippen LogP) is 3.19. The van der Waals surface area contributed by atoms with Crippen LogP contribution in [-0.2, 0) is 13.0 Å². The van der Waals surface area contributed by atoms with Gasteiger partial charge in [0, 0.05) is 24.0 Å². The molecule has 1 aromatic rings. The second kappa shape index (κ2) is 6.53. The second-order valence-electron chi connectivity index (χ2n) is 4.92. The molecule has 0 aromatic carbocycles. The highest BCUT2D eigenvalue weighted by molar-refractivity contribution is 7.15. The van der Waals surface area contributed by atoms with E-state index in [0.717, 1.165) is 32.1 Å². The zero-order valence-corrected chi connectivity index (χ0v) is 12.6. The van der Waals surface area contributed by atoms with Crippen molar-refractivity contribution in [2.45, 2.75) is 59.0 Å². The molecule has 2 rings (SSSR count). The Morgan fingerprint density at radius 1 is 1.33 bits per heavy atom. The van der Waals surface area contributed by atoms with Gasteiger partial charge in [0.15, 0.2) is 5.13 Å². The number of aryl methyl sites for hydroxylation is 1. The number of hydrogen-bond acceptors (Lipinski definition) is 4. The largest absolute Gasteiger partial charge is 0.345 e. The molecule has 0 amide bonds. The Balaban J connectivity index is 2.13. The maximum absolute atomic E-state index is 4.87. The number of anilines is 1. The van der Waals surface area contributed by atoms with Crippen LogP contribution in [0.4, 0.5) is 5.13 Å². The van der Waals surface area contributed by atoms with Crippen molar-refractivity contribution in [2.24, 2.45) is 0 Å². The summed E-state index contributed by atoms with van der Waals surface area (Å²) in [5, 5.41) is 4.67. The lowest BCUT2D eigenvalue weighted by Crippen LogP contribution is -2.26. The van der Waals surface area contributed by atoms with Gasteiger partial charge < -0.3 is 10.2 Å². The van der Waals surface area contributed by atoms with Crippen LogP contribution in [0, 0.1) is 0 Å². The first-order valence-corrected chi connectivity index (χ1v) is 8.07. The first kappa shape index (κ1) is 13.8. The zero-order valence-electron chi connectivity index (χ0n) is 11.8. The highest BCUT2D eigenvalue weighted by Gasteiger charge is 2.30. The minimum atomic E-state index is 0.771. The molecule has 0 aliphatic heterocycles. The molecule has 1 aliphatic rings. The van der Waals surface area contributed by atoms with Crippen molar-refractivity contribution in [3.05, 3.63) is 10.6 Å². The summed E-state index contributed by atoms with van der Waals surface area (Å²) >= 11 is 1.89. The molecule has 0 atom stereocenters. The van der Waals surface area contributed by atoms with Crippen LogP contribution in [0.2, 0.25) is 0 Å². The molecule has 102 valence electrons. The summed E-state index contributed by atoms with van der Waals surface area (Å²) in [7, 11) is 0. The third-order valence-electron chi connectivity index (χ3n) is 3.34. The lowest BCUT2D eigenvalue weighted by atomic mass is 10.3. The van der Waals surface area contributed by atoms with Crippen LogP contribution in [-0.4, -0.2) is 24.1 Å². The molecule has 0 bridgehead atoms. The average molecular weight is 267 g/mol. The maximum Gasteiger partial charge on any atom is 0.186 e. The number of thiazole rings is 1. The molecule has 1 aromatic heterocycles. The zero-order chi connectivity index (χ0) is 13.0. The van der Waals surface area contributed by atoms with E-state index in [4.69, 9.17) is 4.98 Å². The molecule has 0 radical (unpaired) electrons. The fourth-order valence-corrected chi connectivity index (χ4v) is 3.42. The molecule has 1 aliphatic carbocycles. The van der Waals surface area contributed by atoms with Gasteiger partial charge in [0.2, 0.25) is 0 Å². The fraction of sp³-hybridized carbons (Fsp3) is 0.786. The van der Waals surface area contributed by atoms with Gasteiger partial charge in [-0.05, 0) is 32.2 Å². The van der Waals surface area contributed by atoms with E-state index in [0.29, 0.717) is 0 Å². The van der Waals surface area contributed by atoms with Crippen LogP contribution >= 0.6 is 11.3 Å². The number of nitrogens with one attached hydrogen (secondary N) is 1. The highest BCUT2D eigenvalue weighted by Crippen LogP contribution is 2.35. The molecule has 1 N–H and O–H groups in total. The fourth-order valence-electron chi connectivity index (χ4n) is 2.21. The monoisotopic (exact) mass is 267 g/mol. The van der Waals surface area contributed by atoms with Gasteiger partial charge in [-0.15, -0.1) is 11.3 Å². The molecule has 1 heterocycles.